The first-order valence-corrected chi connectivity index (χ1v) is 8.44. The third-order valence-corrected chi connectivity index (χ3v) is 4.27. The van der Waals surface area contributed by atoms with Crippen LogP contribution in [0.5, 0.6) is 0 Å². The van der Waals surface area contributed by atoms with Crippen molar-refractivity contribution >= 4 is 17.5 Å². The molecule has 6 heteroatoms. The maximum atomic E-state index is 12.5. The van der Waals surface area contributed by atoms with Crippen LogP contribution in [0.4, 0.5) is 0 Å². The third kappa shape index (κ3) is 4.45. The van der Waals surface area contributed by atoms with Crippen LogP contribution in [0, 0.1) is 0 Å². The van der Waals surface area contributed by atoms with E-state index in [0.29, 0.717) is 17.9 Å². The summed E-state index contributed by atoms with van der Waals surface area (Å²) in [6.45, 7) is 0. The molecule has 1 heterocycles. The van der Waals surface area contributed by atoms with E-state index in [9.17, 15) is 4.79 Å². The fraction of sp³-hybridized carbons (Fsp3) is 0.211. The number of carbonyl (C=O) groups excluding carboxylic acids is 1. The number of carbonyl (C=O) groups is 1. The van der Waals surface area contributed by atoms with Gasteiger partial charge in [0.1, 0.15) is 12.2 Å². The van der Waals surface area contributed by atoms with Crippen molar-refractivity contribution in [2.75, 3.05) is 0 Å². The van der Waals surface area contributed by atoms with Crippen LogP contribution < -0.4 is 5.32 Å². The first kappa shape index (κ1) is 17.2. The maximum Gasteiger partial charge on any atom is 0.221 e. The minimum Gasteiger partial charge on any atom is -0.345 e. The summed E-state index contributed by atoms with van der Waals surface area (Å²) in [6.07, 6.45) is 2.53. The van der Waals surface area contributed by atoms with Crippen LogP contribution in [0.2, 0.25) is 5.02 Å². The van der Waals surface area contributed by atoms with Gasteiger partial charge in [0.2, 0.25) is 5.91 Å². The number of nitrogens with zero attached hydrogens (tertiary/aromatic N) is 3. The third-order valence-electron chi connectivity index (χ3n) is 4.02. The molecule has 5 nitrogen and oxygen atoms in total. The number of rotatable bonds is 6. The first-order chi connectivity index (χ1) is 12.1. The molecule has 0 spiro atoms. The van der Waals surface area contributed by atoms with E-state index in [-0.39, 0.29) is 11.9 Å². The molecular weight excluding hydrogens is 336 g/mol. The van der Waals surface area contributed by atoms with E-state index in [4.69, 9.17) is 11.6 Å². The second-order valence-electron chi connectivity index (χ2n) is 5.82. The largest absolute Gasteiger partial charge is 0.345 e. The second kappa shape index (κ2) is 7.94. The summed E-state index contributed by atoms with van der Waals surface area (Å²) in [5, 5.41) is 11.6. The molecule has 2 aromatic carbocycles. The lowest BCUT2D eigenvalue weighted by Crippen LogP contribution is -2.29. The molecule has 0 aliphatic carbocycles. The van der Waals surface area contributed by atoms with Crippen LogP contribution in [0.3, 0.4) is 0 Å². The van der Waals surface area contributed by atoms with Crippen LogP contribution in [0.25, 0.3) is 0 Å². The highest BCUT2D eigenvalue weighted by Crippen LogP contribution is 2.23. The van der Waals surface area contributed by atoms with E-state index in [1.165, 1.54) is 0 Å². The molecule has 1 aromatic heterocycles. The van der Waals surface area contributed by atoms with E-state index in [1.54, 1.807) is 6.33 Å². The molecule has 0 fully saturated rings. The number of halogens is 1. The fourth-order valence-corrected chi connectivity index (χ4v) is 2.78. The molecule has 0 radical (unpaired) electrons. The minimum absolute atomic E-state index is 0.0354. The smallest absolute Gasteiger partial charge is 0.221 e. The fourth-order valence-electron chi connectivity index (χ4n) is 2.65. The number of hydrogen-bond acceptors (Lipinski definition) is 3. The lowest BCUT2D eigenvalue weighted by atomic mass is 9.98. The summed E-state index contributed by atoms with van der Waals surface area (Å²) in [4.78, 5) is 12.5. The van der Waals surface area contributed by atoms with Gasteiger partial charge < -0.3 is 9.88 Å². The molecule has 0 saturated heterocycles. The Kier molecular flexibility index (Phi) is 5.46. The van der Waals surface area contributed by atoms with Gasteiger partial charge in [0.25, 0.3) is 0 Å². The second-order valence-corrected chi connectivity index (χ2v) is 6.26. The summed E-state index contributed by atoms with van der Waals surface area (Å²) in [5.41, 5.74) is 2.01. The molecule has 0 aliphatic rings. The van der Waals surface area contributed by atoms with Crippen molar-refractivity contribution in [2.24, 2.45) is 7.05 Å². The zero-order valence-electron chi connectivity index (χ0n) is 13.9. The first-order valence-electron chi connectivity index (χ1n) is 8.06. The molecule has 25 heavy (non-hydrogen) atoms. The van der Waals surface area contributed by atoms with Gasteiger partial charge in [0.05, 0.1) is 6.04 Å². The van der Waals surface area contributed by atoms with Crippen LogP contribution >= 0.6 is 11.6 Å². The monoisotopic (exact) mass is 354 g/mol. The number of aromatic nitrogens is 3. The number of hydrogen-bond donors (Lipinski definition) is 1. The Bertz CT molecular complexity index is 830. The predicted octanol–water partition coefficient (Wildman–Crippen LogP) is 3.31. The molecule has 1 unspecified atom stereocenters. The summed E-state index contributed by atoms with van der Waals surface area (Å²) in [5.74, 6) is 0.754. The van der Waals surface area contributed by atoms with Crippen molar-refractivity contribution in [2.45, 2.75) is 18.9 Å². The van der Waals surface area contributed by atoms with Gasteiger partial charge in [-0.15, -0.1) is 10.2 Å². The number of aryl methyl sites for hydroxylation is 2. The van der Waals surface area contributed by atoms with E-state index in [2.05, 4.69) is 15.5 Å². The van der Waals surface area contributed by atoms with Crippen molar-refractivity contribution < 1.29 is 4.79 Å². The zero-order valence-corrected chi connectivity index (χ0v) is 14.6. The normalized spacial score (nSPS) is 11.9. The van der Waals surface area contributed by atoms with Gasteiger partial charge in [-0.2, -0.15) is 0 Å². The van der Waals surface area contributed by atoms with Crippen molar-refractivity contribution in [1.82, 2.24) is 20.1 Å². The Morgan fingerprint density at radius 1 is 1.12 bits per heavy atom. The van der Waals surface area contributed by atoms with Crippen LogP contribution in [-0.2, 0) is 18.3 Å². The van der Waals surface area contributed by atoms with Crippen molar-refractivity contribution in [3.05, 3.63) is 82.9 Å². The maximum absolute atomic E-state index is 12.5. The highest BCUT2D eigenvalue weighted by atomic mass is 35.5. The van der Waals surface area contributed by atoms with Crippen molar-refractivity contribution in [3.8, 4) is 0 Å². The molecule has 1 amide bonds. The van der Waals surface area contributed by atoms with Gasteiger partial charge in [-0.05, 0) is 23.3 Å². The quantitative estimate of drug-likeness (QED) is 0.738. The predicted molar refractivity (Wildman–Crippen MR) is 97.2 cm³/mol. The molecule has 0 saturated carbocycles. The van der Waals surface area contributed by atoms with Gasteiger partial charge in [0.15, 0.2) is 0 Å². The summed E-state index contributed by atoms with van der Waals surface area (Å²) < 4.78 is 1.82. The summed E-state index contributed by atoms with van der Waals surface area (Å²) >= 11 is 5.99. The highest BCUT2D eigenvalue weighted by Gasteiger charge is 2.17. The number of amides is 1. The zero-order chi connectivity index (χ0) is 17.6. The summed E-state index contributed by atoms with van der Waals surface area (Å²) in [7, 11) is 1.87. The minimum atomic E-state index is -0.217. The van der Waals surface area contributed by atoms with Crippen LogP contribution in [0.15, 0.2) is 60.9 Å². The Morgan fingerprint density at radius 2 is 1.80 bits per heavy atom. The van der Waals surface area contributed by atoms with E-state index < -0.39 is 0 Å². The molecule has 1 N–H and O–H groups in total. The number of benzene rings is 2. The Hall–Kier alpha value is -2.66. The Morgan fingerprint density at radius 3 is 2.44 bits per heavy atom. The standard InChI is InChI=1S/C19H19ClN4O/c1-24-13-21-23-17(24)11-12-18(25)22-19(14-5-3-2-4-6-14)15-7-9-16(20)10-8-15/h2-10,13,19H,11-12H2,1H3,(H,22,25). The topological polar surface area (TPSA) is 59.8 Å². The SMILES string of the molecule is Cn1cnnc1CCC(=O)NC(c1ccccc1)c1ccc(Cl)cc1. The lowest BCUT2D eigenvalue weighted by Gasteiger charge is -2.20. The molecular formula is C19H19ClN4O. The van der Waals surface area contributed by atoms with Gasteiger partial charge >= 0.3 is 0 Å². The molecule has 3 aromatic rings. The molecule has 3 rings (SSSR count). The van der Waals surface area contributed by atoms with Gasteiger partial charge in [-0.25, -0.2) is 0 Å². The van der Waals surface area contributed by atoms with Crippen LogP contribution in [-0.4, -0.2) is 20.7 Å². The highest BCUT2D eigenvalue weighted by molar-refractivity contribution is 6.30. The summed E-state index contributed by atoms with van der Waals surface area (Å²) in [6, 6.07) is 17.2. The van der Waals surface area contributed by atoms with Crippen LogP contribution in [0.1, 0.15) is 29.4 Å². The molecule has 128 valence electrons. The average molecular weight is 355 g/mol. The van der Waals surface area contributed by atoms with Gasteiger partial charge in [-0.1, -0.05) is 54.1 Å². The van der Waals surface area contributed by atoms with Crippen molar-refractivity contribution in [1.29, 1.82) is 0 Å². The Balaban J connectivity index is 1.74. The lowest BCUT2D eigenvalue weighted by molar-refractivity contribution is -0.121. The number of nitrogens with one attached hydrogen (secondary N) is 1. The molecule has 0 aliphatic heterocycles. The Labute approximate surface area is 151 Å². The van der Waals surface area contributed by atoms with Gasteiger partial charge in [0, 0.05) is 24.9 Å². The van der Waals surface area contributed by atoms with E-state index in [0.717, 1.165) is 17.0 Å². The molecule has 1 atom stereocenters. The molecule has 0 bridgehead atoms. The van der Waals surface area contributed by atoms with E-state index >= 15 is 0 Å². The van der Waals surface area contributed by atoms with Crippen molar-refractivity contribution in [3.63, 3.8) is 0 Å². The van der Waals surface area contributed by atoms with E-state index in [1.807, 2.05) is 66.2 Å². The van der Waals surface area contributed by atoms with Gasteiger partial charge in [-0.3, -0.25) is 4.79 Å². The average Bonchev–Trinajstić information content (AvgIpc) is 3.04.